The van der Waals surface area contributed by atoms with Gasteiger partial charge < -0.3 is 15.5 Å². The van der Waals surface area contributed by atoms with Crippen LogP contribution in [-0.2, 0) is 9.59 Å². The molecule has 0 aliphatic carbocycles. The summed E-state index contributed by atoms with van der Waals surface area (Å²) < 4.78 is 0. The fourth-order valence-electron chi connectivity index (χ4n) is 2.19. The zero-order valence-electron chi connectivity index (χ0n) is 11.0. The summed E-state index contributed by atoms with van der Waals surface area (Å²) in [6.45, 7) is 4.62. The van der Waals surface area contributed by atoms with Crippen molar-refractivity contribution in [2.75, 3.05) is 20.1 Å². The van der Waals surface area contributed by atoms with E-state index in [-0.39, 0.29) is 17.9 Å². The van der Waals surface area contributed by atoms with Crippen LogP contribution < -0.4 is 5.73 Å². The molecule has 5 nitrogen and oxygen atoms in total. The zero-order valence-corrected chi connectivity index (χ0v) is 11.0. The molecule has 17 heavy (non-hydrogen) atoms. The van der Waals surface area contributed by atoms with E-state index < -0.39 is 6.04 Å². The number of carbonyl (C=O) groups excluding carboxylic acids is 2. The first kappa shape index (κ1) is 14.0. The Morgan fingerprint density at radius 3 is 2.65 bits per heavy atom. The van der Waals surface area contributed by atoms with Gasteiger partial charge in [-0.2, -0.15) is 0 Å². The number of carbonyl (C=O) groups is 2. The molecule has 0 radical (unpaired) electrons. The van der Waals surface area contributed by atoms with Crippen LogP contribution in [0, 0.1) is 0 Å². The van der Waals surface area contributed by atoms with Gasteiger partial charge in [-0.15, -0.1) is 0 Å². The Labute approximate surface area is 103 Å². The zero-order chi connectivity index (χ0) is 13.0. The topological polar surface area (TPSA) is 66.6 Å². The molecule has 0 bridgehead atoms. The van der Waals surface area contributed by atoms with Gasteiger partial charge in [0.1, 0.15) is 0 Å². The van der Waals surface area contributed by atoms with E-state index in [1.165, 1.54) is 0 Å². The molecule has 0 aromatic rings. The molecule has 0 spiro atoms. The van der Waals surface area contributed by atoms with E-state index in [1.54, 1.807) is 25.8 Å². The van der Waals surface area contributed by atoms with Crippen LogP contribution in [0.5, 0.6) is 0 Å². The van der Waals surface area contributed by atoms with Crippen molar-refractivity contribution in [1.82, 2.24) is 9.80 Å². The van der Waals surface area contributed by atoms with Gasteiger partial charge in [-0.1, -0.05) is 0 Å². The lowest BCUT2D eigenvalue weighted by Gasteiger charge is -2.38. The Morgan fingerprint density at radius 2 is 2.12 bits per heavy atom. The molecular weight excluding hydrogens is 218 g/mol. The van der Waals surface area contributed by atoms with Gasteiger partial charge in [0.05, 0.1) is 6.04 Å². The minimum Gasteiger partial charge on any atom is -0.344 e. The van der Waals surface area contributed by atoms with Gasteiger partial charge in [-0.25, -0.2) is 0 Å². The maximum Gasteiger partial charge on any atom is 0.239 e. The molecule has 2 amide bonds. The minimum absolute atomic E-state index is 0.00773. The van der Waals surface area contributed by atoms with Crippen molar-refractivity contribution in [3.8, 4) is 0 Å². The molecular formula is C12H23N3O2. The number of hydrogen-bond donors (Lipinski definition) is 1. The van der Waals surface area contributed by atoms with Gasteiger partial charge in [0.2, 0.25) is 11.8 Å². The number of piperidine rings is 1. The number of hydrogen-bond acceptors (Lipinski definition) is 3. The number of likely N-dealkylation sites (N-methyl/N-ethyl adjacent to an activating group) is 1. The van der Waals surface area contributed by atoms with Gasteiger partial charge in [0.15, 0.2) is 0 Å². The number of amides is 2. The predicted molar refractivity (Wildman–Crippen MR) is 66.3 cm³/mol. The molecule has 0 unspecified atom stereocenters. The first-order valence-electron chi connectivity index (χ1n) is 6.21. The molecule has 0 saturated carbocycles. The summed E-state index contributed by atoms with van der Waals surface area (Å²) >= 11 is 0. The predicted octanol–water partition coefficient (Wildman–Crippen LogP) is 0.193. The maximum absolute atomic E-state index is 12.0. The van der Waals surface area contributed by atoms with Crippen molar-refractivity contribution < 1.29 is 9.59 Å². The number of likely N-dealkylation sites (tertiary alicyclic amines) is 1. The molecule has 1 rings (SSSR count). The van der Waals surface area contributed by atoms with Crippen molar-refractivity contribution in [2.45, 2.75) is 45.2 Å². The first-order valence-corrected chi connectivity index (χ1v) is 6.21. The highest BCUT2D eigenvalue weighted by atomic mass is 16.2. The van der Waals surface area contributed by atoms with Crippen LogP contribution in [0.25, 0.3) is 0 Å². The summed E-state index contributed by atoms with van der Waals surface area (Å²) in [5.41, 5.74) is 5.65. The van der Waals surface area contributed by atoms with Gasteiger partial charge >= 0.3 is 0 Å². The smallest absolute Gasteiger partial charge is 0.239 e. The molecule has 1 aliphatic heterocycles. The fraction of sp³-hybridized carbons (Fsp3) is 0.833. The second-order valence-corrected chi connectivity index (χ2v) is 4.87. The Morgan fingerprint density at radius 1 is 1.47 bits per heavy atom. The standard InChI is InChI=1S/C12H23N3O2/c1-9(13)12(17)15-7-5-4-6-11(15)8-14(3)10(2)16/h9,11H,4-8,13H2,1-3H3/t9-,11+/m0/s1. The molecule has 0 aromatic carbocycles. The molecule has 1 heterocycles. The first-order chi connectivity index (χ1) is 7.93. The highest BCUT2D eigenvalue weighted by molar-refractivity contribution is 5.81. The lowest BCUT2D eigenvalue weighted by molar-refractivity contribution is -0.138. The molecule has 98 valence electrons. The van der Waals surface area contributed by atoms with Crippen LogP contribution in [0.2, 0.25) is 0 Å². The average Bonchev–Trinajstić information content (AvgIpc) is 2.28. The van der Waals surface area contributed by atoms with Crippen molar-refractivity contribution in [3.05, 3.63) is 0 Å². The Bertz CT molecular complexity index is 291. The number of rotatable bonds is 3. The van der Waals surface area contributed by atoms with Crippen LogP contribution >= 0.6 is 0 Å². The summed E-state index contributed by atoms with van der Waals surface area (Å²) in [5, 5.41) is 0. The number of nitrogens with two attached hydrogens (primary N) is 1. The van der Waals surface area contributed by atoms with E-state index in [0.29, 0.717) is 6.54 Å². The molecule has 1 aliphatic rings. The van der Waals surface area contributed by atoms with Gasteiger partial charge in [-0.3, -0.25) is 9.59 Å². The quantitative estimate of drug-likeness (QED) is 0.767. The Kier molecular flexibility index (Phi) is 4.93. The summed E-state index contributed by atoms with van der Waals surface area (Å²) in [7, 11) is 1.77. The molecule has 2 atom stereocenters. The third-order valence-electron chi connectivity index (χ3n) is 3.32. The molecule has 2 N–H and O–H groups in total. The van der Waals surface area contributed by atoms with Crippen molar-refractivity contribution >= 4 is 11.8 Å². The van der Waals surface area contributed by atoms with E-state index in [0.717, 1.165) is 25.8 Å². The van der Waals surface area contributed by atoms with E-state index in [9.17, 15) is 9.59 Å². The van der Waals surface area contributed by atoms with Gasteiger partial charge in [-0.05, 0) is 26.2 Å². The van der Waals surface area contributed by atoms with E-state index in [1.807, 2.05) is 4.90 Å². The normalized spacial score (nSPS) is 22.1. The summed E-state index contributed by atoms with van der Waals surface area (Å²) in [5.74, 6) is 0.0235. The monoisotopic (exact) mass is 241 g/mol. The summed E-state index contributed by atoms with van der Waals surface area (Å²) in [6.07, 6.45) is 3.09. The highest BCUT2D eigenvalue weighted by Gasteiger charge is 2.29. The van der Waals surface area contributed by atoms with Crippen LogP contribution in [0.1, 0.15) is 33.1 Å². The molecule has 1 saturated heterocycles. The van der Waals surface area contributed by atoms with E-state index in [4.69, 9.17) is 5.73 Å². The summed E-state index contributed by atoms with van der Waals surface area (Å²) in [6, 6.07) is -0.339. The third kappa shape index (κ3) is 3.70. The highest BCUT2D eigenvalue weighted by Crippen LogP contribution is 2.18. The average molecular weight is 241 g/mol. The third-order valence-corrected chi connectivity index (χ3v) is 3.32. The summed E-state index contributed by atoms with van der Waals surface area (Å²) in [4.78, 5) is 26.7. The van der Waals surface area contributed by atoms with Crippen LogP contribution in [0.3, 0.4) is 0 Å². The lowest BCUT2D eigenvalue weighted by atomic mass is 10.0. The number of nitrogens with zero attached hydrogens (tertiary/aromatic N) is 2. The second-order valence-electron chi connectivity index (χ2n) is 4.87. The van der Waals surface area contributed by atoms with Gasteiger partial charge in [0, 0.05) is 33.1 Å². The van der Waals surface area contributed by atoms with Gasteiger partial charge in [0.25, 0.3) is 0 Å². The molecule has 0 aromatic heterocycles. The fourth-order valence-corrected chi connectivity index (χ4v) is 2.19. The van der Waals surface area contributed by atoms with Crippen molar-refractivity contribution in [2.24, 2.45) is 5.73 Å². The van der Waals surface area contributed by atoms with Crippen molar-refractivity contribution in [3.63, 3.8) is 0 Å². The molecule has 1 fully saturated rings. The van der Waals surface area contributed by atoms with Crippen molar-refractivity contribution in [1.29, 1.82) is 0 Å². The Hall–Kier alpha value is -1.10. The minimum atomic E-state index is -0.460. The van der Waals surface area contributed by atoms with E-state index >= 15 is 0 Å². The SMILES string of the molecule is CC(=O)N(C)C[C@H]1CCCCN1C(=O)[C@H](C)N. The van der Waals surface area contributed by atoms with E-state index in [2.05, 4.69) is 0 Å². The van der Waals surface area contributed by atoms with Crippen LogP contribution in [0.15, 0.2) is 0 Å². The second kappa shape index (κ2) is 6.00. The lowest BCUT2D eigenvalue weighted by Crippen LogP contribution is -2.53. The largest absolute Gasteiger partial charge is 0.344 e. The maximum atomic E-state index is 12.0. The van der Waals surface area contributed by atoms with Crippen LogP contribution in [0.4, 0.5) is 0 Å². The van der Waals surface area contributed by atoms with Crippen LogP contribution in [-0.4, -0.2) is 53.8 Å². The Balaban J connectivity index is 2.66. The molecule has 5 heteroatoms.